The summed E-state index contributed by atoms with van der Waals surface area (Å²) in [6.07, 6.45) is 6.92. The van der Waals surface area contributed by atoms with Crippen molar-refractivity contribution in [3.05, 3.63) is 0 Å². The lowest BCUT2D eigenvalue weighted by Gasteiger charge is -2.27. The van der Waals surface area contributed by atoms with E-state index in [9.17, 15) is 9.59 Å². The van der Waals surface area contributed by atoms with E-state index in [-0.39, 0.29) is 18.4 Å². The van der Waals surface area contributed by atoms with Crippen LogP contribution in [0.5, 0.6) is 0 Å². The van der Waals surface area contributed by atoms with Gasteiger partial charge in [0.15, 0.2) is 0 Å². The normalized spacial score (nSPS) is 28.4. The van der Waals surface area contributed by atoms with Gasteiger partial charge in [0, 0.05) is 32.6 Å². The Morgan fingerprint density at radius 3 is 2.85 bits per heavy atom. The van der Waals surface area contributed by atoms with Crippen LogP contribution in [0.4, 0.5) is 0 Å². The molecule has 2 rings (SSSR count). The van der Waals surface area contributed by atoms with Crippen molar-refractivity contribution in [2.75, 3.05) is 26.7 Å². The minimum atomic E-state index is 0.0514. The molecule has 20 heavy (non-hydrogen) atoms. The quantitative estimate of drug-likeness (QED) is 0.838. The Morgan fingerprint density at radius 1 is 1.30 bits per heavy atom. The lowest BCUT2D eigenvalue weighted by Crippen LogP contribution is -2.38. The van der Waals surface area contributed by atoms with E-state index in [1.807, 2.05) is 0 Å². The molecule has 0 aromatic rings. The Balaban J connectivity index is 1.77. The zero-order valence-electron chi connectivity index (χ0n) is 12.5. The monoisotopic (exact) mass is 281 g/mol. The maximum absolute atomic E-state index is 12.3. The van der Waals surface area contributed by atoms with Gasteiger partial charge in [-0.15, -0.1) is 0 Å². The summed E-state index contributed by atoms with van der Waals surface area (Å²) < 4.78 is 0. The molecule has 1 aliphatic carbocycles. The summed E-state index contributed by atoms with van der Waals surface area (Å²) in [4.78, 5) is 27.5. The molecule has 0 bridgehead atoms. The molecule has 1 heterocycles. The van der Waals surface area contributed by atoms with Crippen molar-refractivity contribution >= 4 is 11.8 Å². The Morgan fingerprint density at radius 2 is 2.10 bits per heavy atom. The zero-order valence-corrected chi connectivity index (χ0v) is 12.5. The fourth-order valence-corrected chi connectivity index (χ4v) is 3.28. The highest BCUT2D eigenvalue weighted by Gasteiger charge is 2.24. The molecule has 2 atom stereocenters. The fourth-order valence-electron chi connectivity index (χ4n) is 3.28. The van der Waals surface area contributed by atoms with E-state index in [1.165, 1.54) is 12.8 Å². The van der Waals surface area contributed by atoms with Crippen LogP contribution in [0.2, 0.25) is 0 Å². The minimum absolute atomic E-state index is 0.0514. The number of carbonyl (C=O) groups is 2. The van der Waals surface area contributed by atoms with Gasteiger partial charge in [0.1, 0.15) is 0 Å². The fraction of sp³-hybridized carbons (Fsp3) is 0.867. The Hall–Kier alpha value is -1.10. The van der Waals surface area contributed by atoms with Gasteiger partial charge in [-0.2, -0.15) is 0 Å². The highest BCUT2D eigenvalue weighted by Crippen LogP contribution is 2.27. The van der Waals surface area contributed by atoms with Gasteiger partial charge in [0.25, 0.3) is 0 Å². The number of amides is 2. The first-order chi connectivity index (χ1) is 9.56. The van der Waals surface area contributed by atoms with Crippen LogP contribution in [0, 0.1) is 5.92 Å². The molecule has 2 aliphatic rings. The average molecular weight is 281 g/mol. The van der Waals surface area contributed by atoms with Crippen LogP contribution in [0.25, 0.3) is 0 Å². The summed E-state index contributed by atoms with van der Waals surface area (Å²) in [6.45, 7) is 1.71. The van der Waals surface area contributed by atoms with E-state index in [4.69, 9.17) is 5.73 Å². The number of likely N-dealkylation sites (N-methyl/N-ethyl adjacent to an activating group) is 1. The smallest absolute Gasteiger partial charge is 0.241 e. The van der Waals surface area contributed by atoms with E-state index in [0.717, 1.165) is 32.2 Å². The average Bonchev–Trinajstić information content (AvgIpc) is 2.59. The number of rotatable bonds is 3. The van der Waals surface area contributed by atoms with Gasteiger partial charge in [0.2, 0.25) is 11.8 Å². The van der Waals surface area contributed by atoms with Gasteiger partial charge in [0.05, 0.1) is 6.54 Å². The Labute approximate surface area is 121 Å². The van der Waals surface area contributed by atoms with Crippen molar-refractivity contribution in [3.63, 3.8) is 0 Å². The minimum Gasteiger partial charge on any atom is -0.344 e. The SMILES string of the molecule is CN1CCCN(C(=O)CCC2CCCC(N)C2)CC1=O. The van der Waals surface area contributed by atoms with Crippen LogP contribution in [-0.2, 0) is 9.59 Å². The van der Waals surface area contributed by atoms with Crippen LogP contribution in [-0.4, -0.2) is 54.3 Å². The van der Waals surface area contributed by atoms with Crippen LogP contribution in [0.3, 0.4) is 0 Å². The highest BCUT2D eigenvalue weighted by atomic mass is 16.2. The predicted molar refractivity (Wildman–Crippen MR) is 78.0 cm³/mol. The summed E-state index contributed by atoms with van der Waals surface area (Å²) in [5, 5.41) is 0. The van der Waals surface area contributed by atoms with Crippen molar-refractivity contribution in [2.45, 2.75) is 51.0 Å². The molecule has 0 aromatic heterocycles. The van der Waals surface area contributed by atoms with E-state index in [0.29, 0.717) is 24.9 Å². The summed E-state index contributed by atoms with van der Waals surface area (Å²) in [5.41, 5.74) is 5.98. The molecule has 114 valence electrons. The largest absolute Gasteiger partial charge is 0.344 e. The van der Waals surface area contributed by atoms with Gasteiger partial charge in [-0.05, 0) is 31.6 Å². The summed E-state index contributed by atoms with van der Waals surface area (Å²) in [7, 11) is 1.81. The van der Waals surface area contributed by atoms with E-state index in [2.05, 4.69) is 0 Å². The first-order valence-corrected chi connectivity index (χ1v) is 7.83. The number of nitrogens with zero attached hydrogens (tertiary/aromatic N) is 2. The van der Waals surface area contributed by atoms with Crippen LogP contribution < -0.4 is 5.73 Å². The number of nitrogens with two attached hydrogens (primary N) is 1. The molecule has 1 aliphatic heterocycles. The maximum atomic E-state index is 12.3. The third-order valence-corrected chi connectivity index (χ3v) is 4.62. The molecular weight excluding hydrogens is 254 g/mol. The van der Waals surface area contributed by atoms with Crippen molar-refractivity contribution in [1.29, 1.82) is 0 Å². The maximum Gasteiger partial charge on any atom is 0.241 e. The number of carbonyl (C=O) groups excluding carboxylic acids is 2. The van der Waals surface area contributed by atoms with Crippen LogP contribution in [0.1, 0.15) is 44.9 Å². The molecule has 5 heteroatoms. The predicted octanol–water partition coefficient (Wildman–Crippen LogP) is 0.975. The van der Waals surface area contributed by atoms with Crippen molar-refractivity contribution in [2.24, 2.45) is 11.7 Å². The number of hydrogen-bond acceptors (Lipinski definition) is 3. The molecule has 2 unspecified atom stereocenters. The third-order valence-electron chi connectivity index (χ3n) is 4.62. The Kier molecular flexibility index (Phi) is 5.40. The van der Waals surface area contributed by atoms with Crippen molar-refractivity contribution < 1.29 is 9.59 Å². The molecule has 1 saturated heterocycles. The summed E-state index contributed by atoms with van der Waals surface area (Å²) >= 11 is 0. The van der Waals surface area contributed by atoms with Crippen LogP contribution >= 0.6 is 0 Å². The molecule has 2 amide bonds. The lowest BCUT2D eigenvalue weighted by molar-refractivity contribution is -0.138. The van der Waals surface area contributed by atoms with Gasteiger partial charge < -0.3 is 15.5 Å². The van der Waals surface area contributed by atoms with Gasteiger partial charge in [-0.3, -0.25) is 9.59 Å². The second-order valence-corrected chi connectivity index (χ2v) is 6.32. The third kappa shape index (κ3) is 4.20. The molecule has 2 N–H and O–H groups in total. The van der Waals surface area contributed by atoms with Gasteiger partial charge >= 0.3 is 0 Å². The summed E-state index contributed by atoms with van der Waals surface area (Å²) in [5.74, 6) is 0.774. The van der Waals surface area contributed by atoms with Crippen molar-refractivity contribution in [3.8, 4) is 0 Å². The molecule has 5 nitrogen and oxygen atoms in total. The molecular formula is C15H27N3O2. The van der Waals surface area contributed by atoms with Gasteiger partial charge in [-0.1, -0.05) is 12.8 Å². The Bertz CT molecular complexity index is 359. The summed E-state index contributed by atoms with van der Waals surface area (Å²) in [6, 6.07) is 0.317. The number of hydrogen-bond donors (Lipinski definition) is 1. The second kappa shape index (κ2) is 7.07. The van der Waals surface area contributed by atoms with Gasteiger partial charge in [-0.25, -0.2) is 0 Å². The van der Waals surface area contributed by atoms with E-state index in [1.54, 1.807) is 16.8 Å². The van der Waals surface area contributed by atoms with E-state index < -0.39 is 0 Å². The molecule has 1 saturated carbocycles. The topological polar surface area (TPSA) is 66.6 Å². The zero-order chi connectivity index (χ0) is 14.5. The molecule has 2 fully saturated rings. The standard InChI is InChI=1S/C15H27N3O2/c1-17-8-3-9-18(11-15(17)20)14(19)7-6-12-4-2-5-13(16)10-12/h12-13H,2-11,16H2,1H3. The molecule has 0 aromatic carbocycles. The first-order valence-electron chi connectivity index (χ1n) is 7.83. The molecule has 0 radical (unpaired) electrons. The molecule has 0 spiro atoms. The highest BCUT2D eigenvalue weighted by molar-refractivity contribution is 5.85. The first kappa shape index (κ1) is 15.3. The lowest BCUT2D eigenvalue weighted by atomic mass is 9.83. The van der Waals surface area contributed by atoms with Crippen LogP contribution in [0.15, 0.2) is 0 Å². The second-order valence-electron chi connectivity index (χ2n) is 6.32. The van der Waals surface area contributed by atoms with Crippen molar-refractivity contribution in [1.82, 2.24) is 9.80 Å². The van der Waals surface area contributed by atoms with E-state index >= 15 is 0 Å².